The number of primary amides is 1. The van der Waals surface area contributed by atoms with E-state index in [0.717, 1.165) is 23.2 Å². The van der Waals surface area contributed by atoms with Gasteiger partial charge in [-0.1, -0.05) is 12.8 Å². The summed E-state index contributed by atoms with van der Waals surface area (Å²) in [4.78, 5) is 28.5. The molecule has 1 aliphatic carbocycles. The van der Waals surface area contributed by atoms with Gasteiger partial charge in [-0.05, 0) is 36.6 Å². The van der Waals surface area contributed by atoms with Crippen LogP contribution >= 0.6 is 0 Å². The van der Waals surface area contributed by atoms with E-state index in [1.807, 2.05) is 6.07 Å². The van der Waals surface area contributed by atoms with Gasteiger partial charge in [0.15, 0.2) is 5.69 Å². The number of aromatic nitrogens is 4. The van der Waals surface area contributed by atoms with Crippen LogP contribution in [-0.2, 0) is 0 Å². The van der Waals surface area contributed by atoms with Gasteiger partial charge in [-0.3, -0.25) is 4.79 Å². The predicted octanol–water partition coefficient (Wildman–Crippen LogP) is 3.03. The number of amides is 1. The number of nitrogen functional groups attached to an aromatic ring is 1. The number of ether oxygens (including phenoxy) is 1. The Balaban J connectivity index is 1.65. The molecule has 0 unspecified atom stereocenters. The number of nitrogens with zero attached hydrogens (tertiary/aromatic N) is 3. The highest BCUT2D eigenvalue weighted by atomic mass is 16.5. The maximum absolute atomic E-state index is 12.2. The number of carbonyl (C=O) groups is 1. The summed E-state index contributed by atoms with van der Waals surface area (Å²) in [6, 6.07) is 7.30. The molecule has 0 radical (unpaired) electrons. The molecule has 6 N–H and O–H groups in total. The number of benzene rings is 1. The highest BCUT2D eigenvalue weighted by Crippen LogP contribution is 2.34. The highest BCUT2D eigenvalue weighted by molar-refractivity contribution is 6.20. The minimum absolute atomic E-state index is 0.0908. The molecule has 0 aliphatic heterocycles. The van der Waals surface area contributed by atoms with E-state index < -0.39 is 5.91 Å². The molecule has 4 aromatic rings. The number of nitrogens with one attached hydrogen (secondary N) is 2. The van der Waals surface area contributed by atoms with Crippen molar-refractivity contribution in [1.82, 2.24) is 19.9 Å². The van der Waals surface area contributed by atoms with E-state index in [1.165, 1.54) is 19.1 Å². The average Bonchev–Trinajstić information content (AvgIpc) is 3.52. The number of aromatic amines is 1. The molecular weight excluding hydrogens is 394 g/mol. The Kier molecular flexibility index (Phi) is 4.50. The van der Waals surface area contributed by atoms with Crippen LogP contribution < -0.4 is 16.2 Å². The molecule has 156 valence electrons. The number of hydrogen-bond donors (Lipinski definition) is 4. The van der Waals surface area contributed by atoms with Crippen LogP contribution in [0.5, 0.6) is 6.01 Å². The van der Waals surface area contributed by atoms with Gasteiger partial charge in [0.25, 0.3) is 5.91 Å². The van der Waals surface area contributed by atoms with Crippen molar-refractivity contribution in [3.05, 3.63) is 41.7 Å². The highest BCUT2D eigenvalue weighted by Gasteiger charge is 2.21. The molecule has 3 heterocycles. The van der Waals surface area contributed by atoms with Crippen molar-refractivity contribution in [1.29, 1.82) is 5.41 Å². The van der Waals surface area contributed by atoms with E-state index in [9.17, 15) is 4.79 Å². The molecule has 1 saturated carbocycles. The van der Waals surface area contributed by atoms with Crippen molar-refractivity contribution in [2.45, 2.75) is 19.3 Å². The first-order valence-electron chi connectivity index (χ1n) is 10.1. The summed E-state index contributed by atoms with van der Waals surface area (Å²) >= 11 is 0. The normalized spacial score (nSPS) is 13.5. The molecule has 9 heteroatoms. The number of rotatable bonds is 7. The molecule has 0 bridgehead atoms. The van der Waals surface area contributed by atoms with Crippen LogP contribution in [0.25, 0.3) is 33.2 Å². The second-order valence-electron chi connectivity index (χ2n) is 7.71. The Morgan fingerprint density at radius 3 is 2.84 bits per heavy atom. The van der Waals surface area contributed by atoms with Gasteiger partial charge in [0.05, 0.1) is 23.5 Å². The lowest BCUT2D eigenvalue weighted by atomic mass is 10.0. The lowest BCUT2D eigenvalue weighted by molar-refractivity contribution is 0.0997. The molecule has 31 heavy (non-hydrogen) atoms. The third kappa shape index (κ3) is 3.43. The fourth-order valence-corrected chi connectivity index (χ4v) is 3.77. The standard InChI is InChI=1S/C22H21N7O2/c23-10-13-14(24)3-4-16-18(13)12-9-17(28-20(21(25)30)19(12)27-16)15-5-7-26-22(29-15)31-8-6-11-1-2-11/h3-5,7,9-11,23,27H,1-2,6,8,24H2,(H2,25,30). The summed E-state index contributed by atoms with van der Waals surface area (Å²) in [6.45, 7) is 0.567. The van der Waals surface area contributed by atoms with Crippen LogP contribution in [-0.4, -0.2) is 38.7 Å². The maximum atomic E-state index is 12.2. The largest absolute Gasteiger partial charge is 0.463 e. The molecule has 1 aromatic carbocycles. The number of fused-ring (bicyclic) bond motifs is 3. The number of hydrogen-bond acceptors (Lipinski definition) is 7. The predicted molar refractivity (Wildman–Crippen MR) is 118 cm³/mol. The van der Waals surface area contributed by atoms with Gasteiger partial charge in [0.1, 0.15) is 0 Å². The van der Waals surface area contributed by atoms with Gasteiger partial charge in [-0.25, -0.2) is 9.97 Å². The Bertz CT molecular complexity index is 1340. The van der Waals surface area contributed by atoms with Gasteiger partial charge in [-0.2, -0.15) is 4.98 Å². The molecule has 9 nitrogen and oxygen atoms in total. The van der Waals surface area contributed by atoms with Crippen LogP contribution in [0.1, 0.15) is 35.3 Å². The SMILES string of the molecule is N=Cc1c(N)ccc2[nH]c3c(C(N)=O)nc(-c4ccnc(OCCC5CC5)n4)cc3c12. The fourth-order valence-electron chi connectivity index (χ4n) is 3.77. The first kappa shape index (κ1) is 19.0. The van der Waals surface area contributed by atoms with E-state index in [4.69, 9.17) is 21.6 Å². The van der Waals surface area contributed by atoms with Crippen molar-refractivity contribution < 1.29 is 9.53 Å². The van der Waals surface area contributed by atoms with Gasteiger partial charge in [0, 0.05) is 40.0 Å². The van der Waals surface area contributed by atoms with Gasteiger partial charge in [0.2, 0.25) is 0 Å². The monoisotopic (exact) mass is 415 g/mol. The lowest BCUT2D eigenvalue weighted by Crippen LogP contribution is -2.14. The summed E-state index contributed by atoms with van der Waals surface area (Å²) in [7, 11) is 0. The summed E-state index contributed by atoms with van der Waals surface area (Å²) in [6.07, 6.45) is 6.31. The van der Waals surface area contributed by atoms with Crippen molar-refractivity contribution in [2.75, 3.05) is 12.3 Å². The third-order valence-electron chi connectivity index (χ3n) is 5.56. The first-order chi connectivity index (χ1) is 15.0. The fraction of sp³-hybridized carbons (Fsp3) is 0.227. The second kappa shape index (κ2) is 7.35. The van der Waals surface area contributed by atoms with Gasteiger partial charge in [-0.15, -0.1) is 0 Å². The summed E-state index contributed by atoms with van der Waals surface area (Å²) < 4.78 is 5.70. The summed E-state index contributed by atoms with van der Waals surface area (Å²) in [5.74, 6) is 0.0838. The zero-order valence-corrected chi connectivity index (χ0v) is 16.7. The Hall–Kier alpha value is -4.01. The van der Waals surface area contributed by atoms with E-state index in [-0.39, 0.29) is 11.7 Å². The van der Waals surface area contributed by atoms with Crippen molar-refractivity contribution in [3.8, 4) is 17.4 Å². The topological polar surface area (TPSA) is 157 Å². The zero-order chi connectivity index (χ0) is 21.5. The van der Waals surface area contributed by atoms with Crippen molar-refractivity contribution in [3.63, 3.8) is 0 Å². The molecule has 0 spiro atoms. The minimum Gasteiger partial charge on any atom is -0.463 e. The van der Waals surface area contributed by atoms with Crippen LogP contribution in [0.2, 0.25) is 0 Å². The van der Waals surface area contributed by atoms with Crippen molar-refractivity contribution in [2.24, 2.45) is 11.7 Å². The number of H-pyrrole nitrogens is 1. The summed E-state index contributed by atoms with van der Waals surface area (Å²) in [5, 5.41) is 9.22. The Morgan fingerprint density at radius 1 is 1.26 bits per heavy atom. The Morgan fingerprint density at radius 2 is 2.10 bits per heavy atom. The van der Waals surface area contributed by atoms with Crippen LogP contribution in [0.15, 0.2) is 30.5 Å². The van der Waals surface area contributed by atoms with E-state index in [1.54, 1.807) is 24.4 Å². The van der Waals surface area contributed by atoms with Crippen LogP contribution in [0, 0.1) is 11.3 Å². The molecule has 0 atom stereocenters. The van der Waals surface area contributed by atoms with E-state index in [2.05, 4.69) is 19.9 Å². The number of nitrogens with two attached hydrogens (primary N) is 2. The van der Waals surface area contributed by atoms with Gasteiger partial charge < -0.3 is 26.6 Å². The van der Waals surface area contributed by atoms with Gasteiger partial charge >= 0.3 is 6.01 Å². The average molecular weight is 415 g/mol. The lowest BCUT2D eigenvalue weighted by Gasteiger charge is -2.07. The van der Waals surface area contributed by atoms with Crippen LogP contribution in [0.3, 0.4) is 0 Å². The molecule has 0 saturated heterocycles. The third-order valence-corrected chi connectivity index (χ3v) is 5.56. The number of anilines is 1. The van der Waals surface area contributed by atoms with Crippen molar-refractivity contribution >= 4 is 39.6 Å². The molecule has 5 rings (SSSR count). The molecule has 3 aromatic heterocycles. The number of carbonyl (C=O) groups excluding carboxylic acids is 1. The first-order valence-corrected chi connectivity index (χ1v) is 10.1. The second-order valence-corrected chi connectivity index (χ2v) is 7.71. The minimum atomic E-state index is -0.669. The van der Waals surface area contributed by atoms with Crippen LogP contribution in [0.4, 0.5) is 5.69 Å². The molecule has 1 fully saturated rings. The smallest absolute Gasteiger partial charge is 0.316 e. The Labute approximate surface area is 177 Å². The maximum Gasteiger partial charge on any atom is 0.316 e. The zero-order valence-electron chi connectivity index (χ0n) is 16.7. The number of pyridine rings is 1. The quantitative estimate of drug-likeness (QED) is 0.268. The van der Waals surface area contributed by atoms with E-state index in [0.29, 0.717) is 40.1 Å². The molecular formula is C22H21N7O2. The summed E-state index contributed by atoms with van der Waals surface area (Å²) in [5.41, 5.74) is 15.0. The van der Waals surface area contributed by atoms with E-state index >= 15 is 0 Å². The molecule has 1 amide bonds. The molecule has 1 aliphatic rings.